The average Bonchev–Trinajstić information content (AvgIpc) is 3.78. The molecule has 0 radical (unpaired) electrons. The fraction of sp³-hybridized carbons (Fsp3) is 0.412. The zero-order valence-corrected chi connectivity index (χ0v) is 39.8. The molecule has 3 aromatic carbocycles. The van der Waals surface area contributed by atoms with Crippen LogP contribution in [0.5, 0.6) is 0 Å². The number of carbonyl (C=O) groups excluding carboxylic acids is 4. The van der Waals surface area contributed by atoms with Crippen LogP contribution in [-0.2, 0) is 9.59 Å². The first-order valence-electron chi connectivity index (χ1n) is 23.8. The lowest BCUT2D eigenvalue weighted by Gasteiger charge is -2.38. The molecule has 3 fully saturated rings. The number of nitrogens with zero attached hydrogens (tertiary/aromatic N) is 6. The summed E-state index contributed by atoms with van der Waals surface area (Å²) in [5.74, 6) is -1.18. The van der Waals surface area contributed by atoms with Crippen LogP contribution < -0.4 is 26.2 Å². The average molecular weight is 964 g/mol. The molecule has 68 heavy (non-hydrogen) atoms. The number of aromatic nitrogens is 3. The van der Waals surface area contributed by atoms with E-state index in [1.807, 2.05) is 48.5 Å². The Morgan fingerprint density at radius 1 is 0.750 bits per heavy atom. The molecule has 8 rings (SSSR count). The van der Waals surface area contributed by atoms with Gasteiger partial charge >= 0.3 is 0 Å². The third kappa shape index (κ3) is 12.8. The molecule has 5 heterocycles. The highest BCUT2D eigenvalue weighted by atomic mass is 35.5. The number of carbonyl (C=O) groups is 4. The van der Waals surface area contributed by atoms with Crippen LogP contribution in [0.4, 0.5) is 17.2 Å². The molecule has 17 heteroatoms. The fourth-order valence-electron chi connectivity index (χ4n) is 9.09. The highest BCUT2D eigenvalue weighted by Crippen LogP contribution is 2.33. The standard InChI is InChI=1S/C51H60Cl2N10O5/c52-41-33-42(53)40(32-39(41)43-14-8-9-23-54-43)48(65)57-46-34-45(59-63(46)38-12-6-5-7-13-38)49(66)55-35-51(68)21-26-60(27-22-51)24-10-3-1-2-4-11-25-61-28-30-62(31-29-61)37-17-15-36(16-18-37)56-44-19-20-47(64)58-50(44)67/h5-9,12-18,23,32-34,44,56,68H,1-4,10-11,19-22,24-31,35H2,(H,55,66)(H,57,65)(H,58,64,67). The zero-order chi connectivity index (χ0) is 47.5. The Labute approximate surface area is 407 Å². The lowest BCUT2D eigenvalue weighted by atomic mass is 9.91. The van der Waals surface area contributed by atoms with Crippen molar-refractivity contribution in [3.05, 3.63) is 118 Å². The van der Waals surface area contributed by atoms with Gasteiger partial charge < -0.3 is 30.9 Å². The minimum atomic E-state index is -1.03. The maximum Gasteiger partial charge on any atom is 0.271 e. The first-order valence-corrected chi connectivity index (χ1v) is 24.5. The van der Waals surface area contributed by atoms with Crippen molar-refractivity contribution in [2.75, 3.05) is 74.4 Å². The van der Waals surface area contributed by atoms with Gasteiger partial charge in [0.2, 0.25) is 11.8 Å². The van der Waals surface area contributed by atoms with Gasteiger partial charge in [-0.1, -0.05) is 73.2 Å². The van der Waals surface area contributed by atoms with Crippen LogP contribution in [0.1, 0.15) is 85.1 Å². The van der Waals surface area contributed by atoms with E-state index >= 15 is 0 Å². The molecule has 2 aromatic heterocycles. The van der Waals surface area contributed by atoms with Gasteiger partial charge in [-0.2, -0.15) is 5.10 Å². The predicted octanol–water partition coefficient (Wildman–Crippen LogP) is 7.43. The van der Waals surface area contributed by atoms with E-state index in [1.54, 1.807) is 24.4 Å². The van der Waals surface area contributed by atoms with E-state index in [0.29, 0.717) is 47.7 Å². The van der Waals surface area contributed by atoms with Gasteiger partial charge in [0.25, 0.3) is 11.8 Å². The largest absolute Gasteiger partial charge is 0.388 e. The predicted molar refractivity (Wildman–Crippen MR) is 267 cm³/mol. The number of nitrogens with one attached hydrogen (secondary N) is 4. The van der Waals surface area contributed by atoms with Crippen molar-refractivity contribution < 1.29 is 24.3 Å². The number of imide groups is 1. The quantitative estimate of drug-likeness (QED) is 0.0411. The Balaban J connectivity index is 0.711. The number of piperazine rings is 1. The third-order valence-electron chi connectivity index (χ3n) is 13.2. The second-order valence-corrected chi connectivity index (χ2v) is 18.9. The molecule has 4 amide bonds. The smallest absolute Gasteiger partial charge is 0.271 e. The van der Waals surface area contributed by atoms with Crippen molar-refractivity contribution in [3.63, 3.8) is 0 Å². The molecular formula is C51H60Cl2N10O5. The number of piperidine rings is 2. The highest BCUT2D eigenvalue weighted by molar-refractivity contribution is 6.38. The topological polar surface area (TPSA) is 177 Å². The van der Waals surface area contributed by atoms with Crippen LogP contribution in [0.2, 0.25) is 10.0 Å². The van der Waals surface area contributed by atoms with Crippen molar-refractivity contribution >= 4 is 64.0 Å². The molecule has 0 aliphatic carbocycles. The molecule has 0 saturated carbocycles. The first-order chi connectivity index (χ1) is 33.0. The second-order valence-electron chi connectivity index (χ2n) is 18.0. The summed E-state index contributed by atoms with van der Waals surface area (Å²) in [6.45, 7) is 7.84. The summed E-state index contributed by atoms with van der Waals surface area (Å²) >= 11 is 13.0. The molecule has 358 valence electrons. The molecule has 0 spiro atoms. The van der Waals surface area contributed by atoms with Gasteiger partial charge in [-0.25, -0.2) is 4.68 Å². The summed E-state index contributed by atoms with van der Waals surface area (Å²) in [7, 11) is 0. The van der Waals surface area contributed by atoms with E-state index in [2.05, 4.69) is 58.2 Å². The molecule has 3 aliphatic heterocycles. The van der Waals surface area contributed by atoms with Crippen LogP contribution in [0, 0.1) is 0 Å². The molecule has 5 N–H and O–H groups in total. The highest BCUT2D eigenvalue weighted by Gasteiger charge is 2.33. The van der Waals surface area contributed by atoms with Crippen molar-refractivity contribution in [2.45, 2.75) is 75.9 Å². The van der Waals surface area contributed by atoms with Crippen LogP contribution in [-0.4, -0.2) is 124 Å². The van der Waals surface area contributed by atoms with Crippen LogP contribution in [0.15, 0.2) is 97.2 Å². The normalized spacial score (nSPS) is 17.7. The van der Waals surface area contributed by atoms with Gasteiger partial charge in [-0.05, 0) is 106 Å². The summed E-state index contributed by atoms with van der Waals surface area (Å²) in [4.78, 5) is 62.5. The summed E-state index contributed by atoms with van der Waals surface area (Å²) in [6, 6.07) is 27.1. The van der Waals surface area contributed by atoms with E-state index in [9.17, 15) is 24.3 Å². The number of likely N-dealkylation sites (tertiary alicyclic amines) is 1. The minimum absolute atomic E-state index is 0.0866. The number of para-hydroxylation sites is 1. The Morgan fingerprint density at radius 2 is 1.43 bits per heavy atom. The van der Waals surface area contributed by atoms with Gasteiger partial charge in [0, 0.05) is 81.4 Å². The van der Waals surface area contributed by atoms with Crippen LogP contribution >= 0.6 is 23.2 Å². The van der Waals surface area contributed by atoms with Crippen LogP contribution in [0.3, 0.4) is 0 Å². The van der Waals surface area contributed by atoms with Gasteiger partial charge in [-0.15, -0.1) is 0 Å². The van der Waals surface area contributed by atoms with E-state index in [0.717, 1.165) is 64.5 Å². The number of hydrogen-bond acceptors (Lipinski definition) is 11. The van der Waals surface area contributed by atoms with Crippen molar-refractivity contribution in [2.24, 2.45) is 0 Å². The molecule has 15 nitrogen and oxygen atoms in total. The number of amides is 4. The number of unbranched alkanes of at least 4 members (excludes halogenated alkanes) is 5. The van der Waals surface area contributed by atoms with Crippen molar-refractivity contribution in [1.82, 2.24) is 35.2 Å². The second kappa shape index (κ2) is 23.0. The summed E-state index contributed by atoms with van der Waals surface area (Å²) in [5, 5.41) is 28.0. The Hall–Kier alpha value is -5.84. The van der Waals surface area contributed by atoms with Crippen molar-refractivity contribution in [3.8, 4) is 16.9 Å². The fourth-order valence-corrected chi connectivity index (χ4v) is 9.65. The number of pyridine rings is 1. The molecule has 1 unspecified atom stereocenters. The van der Waals surface area contributed by atoms with E-state index < -0.39 is 17.4 Å². The third-order valence-corrected chi connectivity index (χ3v) is 13.8. The van der Waals surface area contributed by atoms with E-state index in [-0.39, 0.29) is 46.5 Å². The van der Waals surface area contributed by atoms with Crippen molar-refractivity contribution in [1.29, 1.82) is 0 Å². The number of hydrogen-bond donors (Lipinski definition) is 5. The first kappa shape index (κ1) is 48.6. The molecule has 5 aromatic rings. The number of rotatable bonds is 19. The summed E-state index contributed by atoms with van der Waals surface area (Å²) < 4.78 is 1.49. The zero-order valence-electron chi connectivity index (χ0n) is 38.3. The Bertz CT molecular complexity index is 2510. The molecule has 3 saturated heterocycles. The Kier molecular flexibility index (Phi) is 16.4. The van der Waals surface area contributed by atoms with Gasteiger partial charge in [0.1, 0.15) is 11.9 Å². The van der Waals surface area contributed by atoms with E-state index in [4.69, 9.17) is 23.2 Å². The SMILES string of the molecule is O=C1CCC(Nc2ccc(N3CCN(CCCCCCCCN4CCC(O)(CNC(=O)c5cc(NC(=O)c6cc(-c7ccccn7)c(Cl)cc6Cl)n(-c6ccccc6)n5)CC4)CC3)cc2)C(=O)N1. The summed E-state index contributed by atoms with van der Waals surface area (Å²) in [6.07, 6.45) is 10.8. The molecule has 3 aliphatic rings. The molecular weight excluding hydrogens is 904 g/mol. The lowest BCUT2D eigenvalue weighted by Crippen LogP contribution is -2.51. The number of benzene rings is 3. The number of anilines is 3. The maximum absolute atomic E-state index is 13.7. The van der Waals surface area contributed by atoms with Crippen LogP contribution in [0.25, 0.3) is 16.9 Å². The van der Waals surface area contributed by atoms with E-state index in [1.165, 1.54) is 54.6 Å². The molecule has 0 bridgehead atoms. The Morgan fingerprint density at radius 3 is 2.10 bits per heavy atom. The lowest BCUT2D eigenvalue weighted by molar-refractivity contribution is -0.133. The maximum atomic E-state index is 13.7. The minimum Gasteiger partial charge on any atom is -0.388 e. The number of halogens is 2. The van der Waals surface area contributed by atoms with Gasteiger partial charge in [0.15, 0.2) is 5.69 Å². The van der Waals surface area contributed by atoms with Gasteiger partial charge in [0.05, 0.1) is 32.6 Å². The molecule has 1 atom stereocenters. The van der Waals surface area contributed by atoms with Gasteiger partial charge in [-0.3, -0.25) is 34.4 Å². The summed E-state index contributed by atoms with van der Waals surface area (Å²) in [5.41, 5.74) is 3.08. The number of aliphatic hydroxyl groups is 1. The monoisotopic (exact) mass is 962 g/mol.